The molecule has 1 N–H and O–H groups in total. The molecule has 1 aliphatic carbocycles. The zero-order valence-electron chi connectivity index (χ0n) is 9.84. The maximum absolute atomic E-state index is 5.73. The molecule has 0 aliphatic heterocycles. The van der Waals surface area contributed by atoms with Gasteiger partial charge in [-0.1, -0.05) is 19.3 Å². The molecule has 3 heteroatoms. The van der Waals surface area contributed by atoms with Crippen molar-refractivity contribution in [3.05, 3.63) is 23.1 Å². The molecule has 1 aromatic heterocycles. The largest absolute Gasteiger partial charge is 0.448 e. The molecule has 0 spiro atoms. The monoisotopic (exact) mass is 241 g/mol. The number of rotatable bonds is 4. The van der Waals surface area contributed by atoms with Gasteiger partial charge in [-0.15, -0.1) is 0 Å². The van der Waals surface area contributed by atoms with Crippen molar-refractivity contribution in [2.45, 2.75) is 51.6 Å². The lowest BCUT2D eigenvalue weighted by Crippen LogP contribution is -2.34. The number of hydrogen-bond donors (Lipinski definition) is 1. The molecule has 2 nitrogen and oxygen atoms in total. The van der Waals surface area contributed by atoms with Gasteiger partial charge in [0.1, 0.15) is 5.76 Å². The van der Waals surface area contributed by atoms with Crippen molar-refractivity contribution < 1.29 is 4.42 Å². The molecular formula is C13H20ClNO. The predicted molar refractivity (Wildman–Crippen MR) is 66.6 cm³/mol. The van der Waals surface area contributed by atoms with Crippen molar-refractivity contribution in [1.82, 2.24) is 5.32 Å². The average molecular weight is 242 g/mol. The molecule has 1 aliphatic rings. The van der Waals surface area contributed by atoms with E-state index in [4.69, 9.17) is 16.0 Å². The van der Waals surface area contributed by atoms with Crippen molar-refractivity contribution in [2.24, 2.45) is 5.92 Å². The number of halogens is 1. The van der Waals surface area contributed by atoms with Gasteiger partial charge in [-0.2, -0.15) is 0 Å². The molecule has 1 aromatic rings. The van der Waals surface area contributed by atoms with Gasteiger partial charge in [-0.05, 0) is 49.4 Å². The molecule has 1 atom stereocenters. The summed E-state index contributed by atoms with van der Waals surface area (Å²) in [7, 11) is 0. The second-order valence-electron chi connectivity index (χ2n) is 4.77. The Morgan fingerprint density at radius 3 is 2.75 bits per heavy atom. The summed E-state index contributed by atoms with van der Waals surface area (Å²) in [5.41, 5.74) is 0. The van der Waals surface area contributed by atoms with Gasteiger partial charge in [-0.3, -0.25) is 0 Å². The maximum atomic E-state index is 5.73. The van der Waals surface area contributed by atoms with Crippen LogP contribution in [-0.2, 0) is 6.54 Å². The molecule has 0 amide bonds. The minimum atomic E-state index is 0.474. The first-order chi connectivity index (χ1) is 7.75. The third-order valence-electron chi connectivity index (χ3n) is 3.58. The van der Waals surface area contributed by atoms with Gasteiger partial charge in [0.05, 0.1) is 6.54 Å². The summed E-state index contributed by atoms with van der Waals surface area (Å²) < 4.78 is 5.32. The van der Waals surface area contributed by atoms with E-state index in [0.717, 1.165) is 18.2 Å². The first kappa shape index (κ1) is 12.0. The second-order valence-corrected chi connectivity index (χ2v) is 5.15. The van der Waals surface area contributed by atoms with E-state index in [9.17, 15) is 0 Å². The predicted octanol–water partition coefficient (Wildman–Crippen LogP) is 3.99. The fourth-order valence-electron chi connectivity index (χ4n) is 2.51. The van der Waals surface area contributed by atoms with Crippen LogP contribution in [0.5, 0.6) is 0 Å². The van der Waals surface area contributed by atoms with Gasteiger partial charge in [0.25, 0.3) is 0 Å². The summed E-state index contributed by atoms with van der Waals surface area (Å²) in [6.45, 7) is 3.06. The highest BCUT2D eigenvalue weighted by molar-refractivity contribution is 6.28. The molecule has 90 valence electrons. The Bertz CT molecular complexity index is 317. The molecule has 2 rings (SSSR count). The quantitative estimate of drug-likeness (QED) is 0.862. The van der Waals surface area contributed by atoms with Gasteiger partial charge < -0.3 is 9.73 Å². The first-order valence-electron chi connectivity index (χ1n) is 6.23. The van der Waals surface area contributed by atoms with Crippen molar-refractivity contribution >= 4 is 11.6 Å². The van der Waals surface area contributed by atoms with E-state index >= 15 is 0 Å². The molecule has 0 unspecified atom stereocenters. The Kier molecular flexibility index (Phi) is 4.30. The Morgan fingerprint density at radius 1 is 1.38 bits per heavy atom. The van der Waals surface area contributed by atoms with Crippen LogP contribution in [0.25, 0.3) is 0 Å². The van der Waals surface area contributed by atoms with E-state index in [1.165, 1.54) is 32.1 Å². The Hall–Kier alpha value is -0.470. The Labute approximate surface area is 102 Å². The molecule has 1 saturated carbocycles. The third-order valence-corrected chi connectivity index (χ3v) is 3.79. The molecular weight excluding hydrogens is 222 g/mol. The van der Waals surface area contributed by atoms with E-state index in [0.29, 0.717) is 11.3 Å². The van der Waals surface area contributed by atoms with E-state index in [2.05, 4.69) is 12.2 Å². The summed E-state index contributed by atoms with van der Waals surface area (Å²) in [6.07, 6.45) is 6.93. The van der Waals surface area contributed by atoms with Gasteiger partial charge in [-0.25, -0.2) is 0 Å². The summed E-state index contributed by atoms with van der Waals surface area (Å²) in [6, 6.07) is 4.30. The van der Waals surface area contributed by atoms with Crippen molar-refractivity contribution in [3.8, 4) is 0 Å². The van der Waals surface area contributed by atoms with Crippen LogP contribution in [0.2, 0.25) is 5.22 Å². The molecule has 0 bridgehead atoms. The molecule has 1 heterocycles. The molecule has 16 heavy (non-hydrogen) atoms. The lowest BCUT2D eigenvalue weighted by atomic mass is 9.84. The van der Waals surface area contributed by atoms with Crippen molar-refractivity contribution in [3.63, 3.8) is 0 Å². The van der Waals surface area contributed by atoms with E-state index in [-0.39, 0.29) is 0 Å². The van der Waals surface area contributed by atoms with Crippen LogP contribution in [0.4, 0.5) is 0 Å². The lowest BCUT2D eigenvalue weighted by Gasteiger charge is -2.28. The minimum Gasteiger partial charge on any atom is -0.448 e. The maximum Gasteiger partial charge on any atom is 0.193 e. The zero-order valence-corrected chi connectivity index (χ0v) is 10.6. The molecule has 0 aromatic carbocycles. The number of furan rings is 1. The van der Waals surface area contributed by atoms with Gasteiger partial charge in [0.2, 0.25) is 0 Å². The number of nitrogens with one attached hydrogen (secondary N) is 1. The van der Waals surface area contributed by atoms with Crippen LogP contribution in [0.3, 0.4) is 0 Å². The highest BCUT2D eigenvalue weighted by atomic mass is 35.5. The smallest absolute Gasteiger partial charge is 0.193 e. The van der Waals surface area contributed by atoms with E-state index < -0.39 is 0 Å². The van der Waals surface area contributed by atoms with E-state index in [1.54, 1.807) is 6.07 Å². The number of hydrogen-bond acceptors (Lipinski definition) is 2. The van der Waals surface area contributed by atoms with Crippen LogP contribution < -0.4 is 5.32 Å². The highest BCUT2D eigenvalue weighted by Gasteiger charge is 2.19. The normalized spacial score (nSPS) is 19.9. The van der Waals surface area contributed by atoms with Gasteiger partial charge >= 0.3 is 0 Å². The van der Waals surface area contributed by atoms with Gasteiger partial charge in [0, 0.05) is 6.04 Å². The van der Waals surface area contributed by atoms with Crippen molar-refractivity contribution in [1.29, 1.82) is 0 Å². The lowest BCUT2D eigenvalue weighted by molar-refractivity contribution is 0.275. The standard InChI is InChI=1S/C13H20ClNO/c1-10(11-5-3-2-4-6-11)15-9-12-7-8-13(14)16-12/h7-8,10-11,15H,2-6,9H2,1H3/t10-/m1/s1. The molecule has 0 radical (unpaired) electrons. The minimum absolute atomic E-state index is 0.474. The SMILES string of the molecule is C[C@@H](NCc1ccc(Cl)o1)C1CCCCC1. The molecule has 0 saturated heterocycles. The fraction of sp³-hybridized carbons (Fsp3) is 0.692. The van der Waals surface area contributed by atoms with Crippen LogP contribution in [0, 0.1) is 5.92 Å². The Balaban J connectivity index is 1.76. The van der Waals surface area contributed by atoms with Crippen LogP contribution in [0.15, 0.2) is 16.5 Å². The first-order valence-corrected chi connectivity index (χ1v) is 6.61. The zero-order chi connectivity index (χ0) is 11.4. The van der Waals surface area contributed by atoms with E-state index in [1.807, 2.05) is 6.07 Å². The summed E-state index contributed by atoms with van der Waals surface area (Å²) >= 11 is 5.73. The average Bonchev–Trinajstić information content (AvgIpc) is 2.73. The topological polar surface area (TPSA) is 25.2 Å². The van der Waals surface area contributed by atoms with Crippen LogP contribution in [0.1, 0.15) is 44.8 Å². The van der Waals surface area contributed by atoms with Crippen LogP contribution >= 0.6 is 11.6 Å². The highest BCUT2D eigenvalue weighted by Crippen LogP contribution is 2.26. The Morgan fingerprint density at radius 2 is 2.12 bits per heavy atom. The summed E-state index contributed by atoms with van der Waals surface area (Å²) in [5.74, 6) is 1.76. The summed E-state index contributed by atoms with van der Waals surface area (Å²) in [4.78, 5) is 0. The van der Waals surface area contributed by atoms with Gasteiger partial charge in [0.15, 0.2) is 5.22 Å². The summed E-state index contributed by atoms with van der Waals surface area (Å²) in [5, 5.41) is 4.00. The second kappa shape index (κ2) is 5.74. The van der Waals surface area contributed by atoms with Crippen molar-refractivity contribution in [2.75, 3.05) is 0 Å². The molecule has 1 fully saturated rings. The van der Waals surface area contributed by atoms with Crippen LogP contribution in [-0.4, -0.2) is 6.04 Å². The third kappa shape index (κ3) is 3.26. The fourth-order valence-corrected chi connectivity index (χ4v) is 2.67.